The third-order valence-electron chi connectivity index (χ3n) is 5.26. The fraction of sp³-hybridized carbons (Fsp3) is 0. The van der Waals surface area contributed by atoms with Crippen LogP contribution in [0, 0.1) is 0 Å². The lowest BCUT2D eigenvalue weighted by Crippen LogP contribution is -2.20. The molecule has 0 bridgehead atoms. The minimum Gasteiger partial charge on any atom is -0.453 e. The molecule has 34 heavy (non-hydrogen) atoms. The van der Waals surface area contributed by atoms with Gasteiger partial charge in [0.2, 0.25) is 5.82 Å². The molecule has 0 N–H and O–H groups in total. The molecule has 0 aliphatic carbocycles. The van der Waals surface area contributed by atoms with Gasteiger partial charge < -0.3 is 8.83 Å². The second kappa shape index (κ2) is 8.53. The summed E-state index contributed by atoms with van der Waals surface area (Å²) in [5.74, 6) is 1.30. The lowest BCUT2D eigenvalue weighted by Gasteiger charge is -2.06. The van der Waals surface area contributed by atoms with Crippen LogP contribution in [-0.2, 0) is 0 Å². The maximum atomic E-state index is 13.3. The molecule has 0 radical (unpaired) electrons. The molecule has 0 unspecified atom stereocenters. The van der Waals surface area contributed by atoms with E-state index in [1.807, 2.05) is 78.9 Å². The fourth-order valence-corrected chi connectivity index (χ4v) is 4.46. The normalized spacial score (nSPS) is 11.6. The lowest BCUT2D eigenvalue weighted by molar-refractivity contribution is 0.468. The maximum Gasteiger partial charge on any atom is 0.282 e. The van der Waals surface area contributed by atoms with Crippen LogP contribution < -0.4 is 5.56 Å². The van der Waals surface area contributed by atoms with E-state index < -0.39 is 0 Å². The summed E-state index contributed by atoms with van der Waals surface area (Å²) in [6.07, 6.45) is 1.51. The predicted molar refractivity (Wildman–Crippen MR) is 133 cm³/mol. The summed E-state index contributed by atoms with van der Waals surface area (Å²) < 4.78 is 13.1. The molecule has 3 aromatic heterocycles. The maximum absolute atomic E-state index is 13.3. The van der Waals surface area contributed by atoms with Gasteiger partial charge in [0.05, 0.1) is 17.1 Å². The van der Waals surface area contributed by atoms with Gasteiger partial charge in [0, 0.05) is 10.3 Å². The van der Waals surface area contributed by atoms with Crippen molar-refractivity contribution < 1.29 is 8.83 Å². The van der Waals surface area contributed by atoms with Crippen molar-refractivity contribution in [2.75, 3.05) is 0 Å². The largest absolute Gasteiger partial charge is 0.453 e. The topological polar surface area (TPSA) is 73.5 Å². The third-order valence-corrected chi connectivity index (χ3v) is 6.19. The summed E-state index contributed by atoms with van der Waals surface area (Å²) in [4.78, 5) is 19.1. The van der Waals surface area contributed by atoms with Crippen molar-refractivity contribution in [3.63, 3.8) is 0 Å². The molecule has 6 aromatic rings. The Hall–Kier alpha value is -4.36. The van der Waals surface area contributed by atoms with Crippen LogP contribution in [0.5, 0.6) is 0 Å². The smallest absolute Gasteiger partial charge is 0.282 e. The van der Waals surface area contributed by atoms with E-state index in [1.165, 1.54) is 22.7 Å². The number of hydrogen-bond acceptors (Lipinski definition) is 6. The minimum atomic E-state index is -0.289. The molecule has 0 saturated carbocycles. The summed E-state index contributed by atoms with van der Waals surface area (Å²) in [6.45, 7) is 0. The SMILES string of the molecule is O=c1c2ccccc2nc(-c2cc3ccccc3o2)n1N=Cc1ccc(Sc2ccccc2)o1. The van der Waals surface area contributed by atoms with Gasteiger partial charge in [-0.1, -0.05) is 60.3 Å². The predicted octanol–water partition coefficient (Wildman–Crippen LogP) is 6.44. The highest BCUT2D eigenvalue weighted by molar-refractivity contribution is 7.99. The number of hydrogen-bond donors (Lipinski definition) is 0. The molecule has 3 aromatic carbocycles. The van der Waals surface area contributed by atoms with Crippen molar-refractivity contribution in [2.45, 2.75) is 9.99 Å². The van der Waals surface area contributed by atoms with Crippen LogP contribution >= 0.6 is 11.8 Å². The molecule has 164 valence electrons. The zero-order valence-corrected chi connectivity index (χ0v) is 18.6. The average Bonchev–Trinajstić information content (AvgIpc) is 3.51. The first-order valence-electron chi connectivity index (χ1n) is 10.6. The second-order valence-electron chi connectivity index (χ2n) is 7.53. The number of para-hydroxylation sites is 2. The summed E-state index contributed by atoms with van der Waals surface area (Å²) in [6, 6.07) is 30.4. The van der Waals surface area contributed by atoms with Gasteiger partial charge in [0.15, 0.2) is 10.9 Å². The zero-order chi connectivity index (χ0) is 22.9. The molecule has 3 heterocycles. The number of aromatic nitrogens is 2. The Labute approximate surface area is 198 Å². The Morgan fingerprint density at radius 1 is 0.853 bits per heavy atom. The van der Waals surface area contributed by atoms with E-state index in [2.05, 4.69) is 5.10 Å². The van der Waals surface area contributed by atoms with Gasteiger partial charge in [-0.25, -0.2) is 4.98 Å². The van der Waals surface area contributed by atoms with E-state index in [9.17, 15) is 4.79 Å². The Bertz CT molecular complexity index is 1680. The van der Waals surface area contributed by atoms with Crippen LogP contribution in [0.4, 0.5) is 0 Å². The lowest BCUT2D eigenvalue weighted by atomic mass is 10.2. The van der Waals surface area contributed by atoms with E-state index in [-0.39, 0.29) is 5.56 Å². The zero-order valence-electron chi connectivity index (χ0n) is 17.8. The molecule has 0 saturated heterocycles. The molecule has 7 heteroatoms. The van der Waals surface area contributed by atoms with Gasteiger partial charge >= 0.3 is 0 Å². The first-order valence-corrected chi connectivity index (χ1v) is 11.4. The Balaban J connectivity index is 1.42. The summed E-state index contributed by atoms with van der Waals surface area (Å²) in [5, 5.41) is 6.57. The molecule has 0 amide bonds. The molecule has 0 atom stereocenters. The van der Waals surface area contributed by atoms with Gasteiger partial charge in [-0.15, -0.1) is 0 Å². The number of fused-ring (bicyclic) bond motifs is 2. The highest BCUT2D eigenvalue weighted by Gasteiger charge is 2.16. The van der Waals surface area contributed by atoms with Crippen LogP contribution in [0.2, 0.25) is 0 Å². The third kappa shape index (κ3) is 3.82. The minimum absolute atomic E-state index is 0.289. The van der Waals surface area contributed by atoms with Crippen LogP contribution in [0.3, 0.4) is 0 Å². The van der Waals surface area contributed by atoms with Gasteiger partial charge in [0.25, 0.3) is 5.56 Å². The molecular formula is C27H17N3O3S. The molecule has 0 aliphatic rings. The summed E-state index contributed by atoms with van der Waals surface area (Å²) in [7, 11) is 0. The Kier molecular flexibility index (Phi) is 5.08. The number of nitrogens with zero attached hydrogens (tertiary/aromatic N) is 3. The molecule has 6 rings (SSSR count). The van der Waals surface area contributed by atoms with Crippen LogP contribution in [-0.4, -0.2) is 15.9 Å². The molecule has 0 spiro atoms. The van der Waals surface area contributed by atoms with E-state index in [0.717, 1.165) is 15.4 Å². The number of rotatable bonds is 5. The Morgan fingerprint density at radius 3 is 2.53 bits per heavy atom. The van der Waals surface area contributed by atoms with Gasteiger partial charge in [-0.2, -0.15) is 9.78 Å². The van der Waals surface area contributed by atoms with Gasteiger partial charge in [0.1, 0.15) is 11.3 Å². The highest BCUT2D eigenvalue weighted by atomic mass is 32.2. The van der Waals surface area contributed by atoms with Crippen molar-refractivity contribution in [3.05, 3.63) is 113 Å². The highest BCUT2D eigenvalue weighted by Crippen LogP contribution is 2.29. The molecule has 6 nitrogen and oxygen atoms in total. The standard InChI is InChI=1S/C27H17N3O3S/c31-27-21-11-5-6-12-22(21)29-26(24-16-18-8-4-7-13-23(18)33-24)30(27)28-17-19-14-15-25(32-19)34-20-9-2-1-3-10-20/h1-17H. The van der Waals surface area contributed by atoms with E-state index in [1.54, 1.807) is 18.2 Å². The van der Waals surface area contributed by atoms with Crippen molar-refractivity contribution in [1.82, 2.24) is 9.66 Å². The number of furan rings is 2. The van der Waals surface area contributed by atoms with Crippen LogP contribution in [0.1, 0.15) is 5.76 Å². The van der Waals surface area contributed by atoms with Gasteiger partial charge in [-0.05, 0) is 48.5 Å². The fourth-order valence-electron chi connectivity index (χ4n) is 3.66. The quantitative estimate of drug-likeness (QED) is 0.275. The Morgan fingerprint density at radius 2 is 1.65 bits per heavy atom. The molecular weight excluding hydrogens is 446 g/mol. The van der Waals surface area contributed by atoms with E-state index >= 15 is 0 Å². The van der Waals surface area contributed by atoms with E-state index in [4.69, 9.17) is 13.8 Å². The number of benzene rings is 3. The monoisotopic (exact) mass is 463 g/mol. The first kappa shape index (κ1) is 20.3. The average molecular weight is 464 g/mol. The van der Waals surface area contributed by atoms with Crippen molar-refractivity contribution >= 4 is 39.8 Å². The van der Waals surface area contributed by atoms with E-state index in [0.29, 0.717) is 33.8 Å². The summed E-state index contributed by atoms with van der Waals surface area (Å²) >= 11 is 1.51. The summed E-state index contributed by atoms with van der Waals surface area (Å²) in [5.41, 5.74) is 1.00. The molecule has 0 fully saturated rings. The first-order chi connectivity index (χ1) is 16.7. The molecule has 0 aliphatic heterocycles. The van der Waals surface area contributed by atoms with Gasteiger partial charge in [-0.3, -0.25) is 4.79 Å². The second-order valence-corrected chi connectivity index (χ2v) is 8.61. The van der Waals surface area contributed by atoms with Crippen molar-refractivity contribution in [3.8, 4) is 11.6 Å². The van der Waals surface area contributed by atoms with Crippen molar-refractivity contribution in [2.24, 2.45) is 5.10 Å². The van der Waals surface area contributed by atoms with Crippen LogP contribution in [0.25, 0.3) is 33.5 Å². The van der Waals surface area contributed by atoms with Crippen LogP contribution in [0.15, 0.2) is 126 Å². The van der Waals surface area contributed by atoms with Crippen molar-refractivity contribution in [1.29, 1.82) is 0 Å².